The summed E-state index contributed by atoms with van der Waals surface area (Å²) in [5, 5.41) is 3.18. The quantitative estimate of drug-likeness (QED) is 0.909. The summed E-state index contributed by atoms with van der Waals surface area (Å²) in [6.45, 7) is 8.64. The third-order valence-corrected chi connectivity index (χ3v) is 3.78. The Hall–Kier alpha value is -1.90. The second kappa shape index (κ2) is 6.04. The van der Waals surface area contributed by atoms with Crippen molar-refractivity contribution in [3.63, 3.8) is 0 Å². The molecule has 0 unspecified atom stereocenters. The highest BCUT2D eigenvalue weighted by Gasteiger charge is 2.14. The molecule has 1 aromatic carbocycles. The number of benzene rings is 1. The van der Waals surface area contributed by atoms with Gasteiger partial charge in [-0.3, -0.25) is 0 Å². The predicted octanol–water partition coefficient (Wildman–Crippen LogP) is 4.06. The molecule has 1 heterocycles. The van der Waals surface area contributed by atoms with Crippen LogP contribution in [-0.2, 0) is 6.42 Å². The highest BCUT2D eigenvalue weighted by atomic mass is 15.0. The number of nitrogens with zero attached hydrogens (tertiary/aromatic N) is 2. The van der Waals surface area contributed by atoms with E-state index < -0.39 is 0 Å². The van der Waals surface area contributed by atoms with Crippen molar-refractivity contribution in [3.8, 4) is 11.3 Å². The van der Waals surface area contributed by atoms with E-state index in [0.717, 1.165) is 24.4 Å². The molecule has 0 atom stereocenters. The molecule has 0 fully saturated rings. The normalized spacial score (nSPS) is 10.7. The molecule has 0 bridgehead atoms. The molecule has 0 radical (unpaired) electrons. The van der Waals surface area contributed by atoms with Gasteiger partial charge in [-0.25, -0.2) is 9.97 Å². The molecule has 0 spiro atoms. The van der Waals surface area contributed by atoms with E-state index in [0.29, 0.717) is 0 Å². The van der Waals surface area contributed by atoms with Crippen molar-refractivity contribution < 1.29 is 0 Å². The Morgan fingerprint density at radius 2 is 1.70 bits per heavy atom. The van der Waals surface area contributed by atoms with Crippen LogP contribution in [0.4, 0.5) is 5.82 Å². The average molecular weight is 269 g/mol. The average Bonchev–Trinajstić information content (AvgIpc) is 2.43. The molecule has 106 valence electrons. The van der Waals surface area contributed by atoms with Gasteiger partial charge in [-0.1, -0.05) is 19.4 Å². The molecule has 0 aliphatic heterocycles. The number of hydrogen-bond donors (Lipinski definition) is 1. The fraction of sp³-hybridized carbons (Fsp3) is 0.412. The van der Waals surface area contributed by atoms with E-state index in [4.69, 9.17) is 0 Å². The van der Waals surface area contributed by atoms with Crippen LogP contribution in [-0.4, -0.2) is 17.0 Å². The summed E-state index contributed by atoms with van der Waals surface area (Å²) >= 11 is 0. The lowest BCUT2D eigenvalue weighted by atomic mass is 9.95. The van der Waals surface area contributed by atoms with Gasteiger partial charge in [0.1, 0.15) is 12.1 Å². The lowest BCUT2D eigenvalue weighted by Crippen LogP contribution is -2.04. The molecular weight excluding hydrogens is 246 g/mol. The van der Waals surface area contributed by atoms with Crippen molar-refractivity contribution in [3.05, 3.63) is 40.7 Å². The molecule has 0 amide bonds. The highest BCUT2D eigenvalue weighted by Crippen LogP contribution is 2.30. The monoisotopic (exact) mass is 269 g/mol. The Labute approximate surface area is 121 Å². The maximum atomic E-state index is 4.56. The van der Waals surface area contributed by atoms with Gasteiger partial charge in [0, 0.05) is 18.2 Å². The second-order valence-corrected chi connectivity index (χ2v) is 5.30. The molecular formula is C17H23N3. The molecule has 0 aliphatic carbocycles. The maximum Gasteiger partial charge on any atom is 0.132 e. The summed E-state index contributed by atoms with van der Waals surface area (Å²) in [5.41, 5.74) is 7.39. The van der Waals surface area contributed by atoms with Crippen LogP contribution in [0, 0.1) is 20.8 Å². The van der Waals surface area contributed by atoms with Crippen LogP contribution in [0.25, 0.3) is 11.3 Å². The molecule has 0 aliphatic rings. The minimum absolute atomic E-state index is 0.939. The Kier molecular flexibility index (Phi) is 4.38. The van der Waals surface area contributed by atoms with Crippen molar-refractivity contribution >= 4 is 5.82 Å². The number of nitrogens with one attached hydrogen (secondary N) is 1. The van der Waals surface area contributed by atoms with E-state index in [9.17, 15) is 0 Å². The molecule has 3 nitrogen and oxygen atoms in total. The van der Waals surface area contributed by atoms with Gasteiger partial charge >= 0.3 is 0 Å². The zero-order valence-corrected chi connectivity index (χ0v) is 13.0. The molecule has 20 heavy (non-hydrogen) atoms. The Morgan fingerprint density at radius 3 is 2.35 bits per heavy atom. The minimum atomic E-state index is 0.939. The summed E-state index contributed by atoms with van der Waals surface area (Å²) in [5.74, 6) is 0.939. The molecule has 2 rings (SSSR count). The van der Waals surface area contributed by atoms with E-state index in [1.54, 1.807) is 6.33 Å². The van der Waals surface area contributed by atoms with Crippen LogP contribution in [0.1, 0.15) is 35.6 Å². The largest absolute Gasteiger partial charge is 0.373 e. The summed E-state index contributed by atoms with van der Waals surface area (Å²) in [4.78, 5) is 8.91. The van der Waals surface area contributed by atoms with Gasteiger partial charge in [0.2, 0.25) is 0 Å². The first kappa shape index (κ1) is 14.5. The molecule has 0 saturated heterocycles. The van der Waals surface area contributed by atoms with Crippen molar-refractivity contribution in [1.29, 1.82) is 0 Å². The Bertz CT molecular complexity index is 618. The van der Waals surface area contributed by atoms with E-state index in [1.165, 1.54) is 27.8 Å². The summed E-state index contributed by atoms with van der Waals surface area (Å²) < 4.78 is 0. The van der Waals surface area contributed by atoms with Crippen LogP contribution < -0.4 is 5.32 Å². The Morgan fingerprint density at radius 1 is 1.00 bits per heavy atom. The van der Waals surface area contributed by atoms with Crippen molar-refractivity contribution in [1.82, 2.24) is 9.97 Å². The van der Waals surface area contributed by atoms with Gasteiger partial charge in [0.15, 0.2) is 0 Å². The van der Waals surface area contributed by atoms with Gasteiger partial charge in [-0.05, 0) is 49.9 Å². The topological polar surface area (TPSA) is 37.8 Å². The van der Waals surface area contributed by atoms with Crippen LogP contribution >= 0.6 is 0 Å². The van der Waals surface area contributed by atoms with E-state index >= 15 is 0 Å². The standard InChI is InChI=1S/C17H23N3/c1-6-7-14-16(19-10-20-17(14)18-5)15-9-12(3)11(2)8-13(15)4/h8-10H,6-7H2,1-5H3,(H,18,19,20). The number of anilines is 1. The molecule has 1 aromatic heterocycles. The second-order valence-electron chi connectivity index (χ2n) is 5.30. The minimum Gasteiger partial charge on any atom is -0.373 e. The van der Waals surface area contributed by atoms with Crippen LogP contribution in [0.15, 0.2) is 18.5 Å². The van der Waals surface area contributed by atoms with Crippen LogP contribution in [0.5, 0.6) is 0 Å². The third kappa shape index (κ3) is 2.67. The van der Waals surface area contributed by atoms with E-state index in [2.05, 4.69) is 55.1 Å². The lowest BCUT2D eigenvalue weighted by molar-refractivity contribution is 0.905. The van der Waals surface area contributed by atoms with Crippen molar-refractivity contribution in [2.45, 2.75) is 40.5 Å². The molecule has 0 saturated carbocycles. The van der Waals surface area contributed by atoms with Gasteiger partial charge in [0.25, 0.3) is 0 Å². The van der Waals surface area contributed by atoms with E-state index in [1.807, 2.05) is 7.05 Å². The van der Waals surface area contributed by atoms with Crippen LogP contribution in [0.3, 0.4) is 0 Å². The van der Waals surface area contributed by atoms with Gasteiger partial charge in [0.05, 0.1) is 5.69 Å². The molecule has 1 N–H and O–H groups in total. The Balaban J connectivity index is 2.66. The molecule has 3 heteroatoms. The predicted molar refractivity (Wildman–Crippen MR) is 85.2 cm³/mol. The van der Waals surface area contributed by atoms with Crippen molar-refractivity contribution in [2.75, 3.05) is 12.4 Å². The number of rotatable bonds is 4. The first-order valence-corrected chi connectivity index (χ1v) is 7.18. The lowest BCUT2D eigenvalue weighted by Gasteiger charge is -2.15. The first-order valence-electron chi connectivity index (χ1n) is 7.18. The zero-order valence-electron chi connectivity index (χ0n) is 13.0. The maximum absolute atomic E-state index is 4.56. The smallest absolute Gasteiger partial charge is 0.132 e. The summed E-state index contributed by atoms with van der Waals surface area (Å²) in [6, 6.07) is 4.48. The zero-order chi connectivity index (χ0) is 14.7. The number of hydrogen-bond acceptors (Lipinski definition) is 3. The number of aryl methyl sites for hydroxylation is 3. The van der Waals surface area contributed by atoms with Crippen molar-refractivity contribution in [2.24, 2.45) is 0 Å². The third-order valence-electron chi connectivity index (χ3n) is 3.78. The fourth-order valence-corrected chi connectivity index (χ4v) is 2.56. The van der Waals surface area contributed by atoms with Gasteiger partial charge < -0.3 is 5.32 Å². The SMILES string of the molecule is CCCc1c(NC)ncnc1-c1cc(C)c(C)cc1C. The molecule has 2 aromatic rings. The number of aromatic nitrogens is 2. The van der Waals surface area contributed by atoms with Gasteiger partial charge in [-0.15, -0.1) is 0 Å². The van der Waals surface area contributed by atoms with Crippen LogP contribution in [0.2, 0.25) is 0 Å². The summed E-state index contributed by atoms with van der Waals surface area (Å²) in [7, 11) is 1.92. The highest BCUT2D eigenvalue weighted by molar-refractivity contribution is 5.72. The van der Waals surface area contributed by atoms with Gasteiger partial charge in [-0.2, -0.15) is 0 Å². The van der Waals surface area contributed by atoms with E-state index in [-0.39, 0.29) is 0 Å². The first-order chi connectivity index (χ1) is 9.58. The summed E-state index contributed by atoms with van der Waals surface area (Å²) in [6.07, 6.45) is 3.71. The fourth-order valence-electron chi connectivity index (χ4n) is 2.56.